The standard InChI is InChI=1S/6CH4N2S.2ClH.2Cu.2H2O/c6*2-1(3)4;;;;;;/h6*(H4,2,3,4);2*1H;;;2*1H2. The van der Waals surface area contributed by atoms with Crippen LogP contribution in [0.25, 0.3) is 0 Å². The fourth-order valence-electron chi connectivity index (χ4n) is 0. The maximum atomic E-state index is 4.62. The van der Waals surface area contributed by atoms with Crippen LogP contribution >= 0.6 is 98.1 Å². The molecule has 0 amide bonds. The summed E-state index contributed by atoms with van der Waals surface area (Å²) in [4.78, 5) is 0. The largest absolute Gasteiger partial charge is 0.412 e. The van der Waals surface area contributed by atoms with Crippen LogP contribution in [0, 0.1) is 0 Å². The predicted molar refractivity (Wildman–Crippen MR) is 148 cm³/mol. The molecule has 0 rings (SSSR count). The average Bonchev–Trinajstić information content (AvgIpc) is 2.08. The third-order valence-electron chi connectivity index (χ3n) is 0. The van der Waals surface area contributed by atoms with Crippen molar-refractivity contribution in [2.75, 3.05) is 0 Å². The van der Waals surface area contributed by atoms with Gasteiger partial charge in [-0.15, -0.1) is 24.8 Å². The van der Waals surface area contributed by atoms with E-state index >= 15 is 0 Å². The molecule has 0 aliphatic rings. The molecule has 28 N–H and O–H groups in total. The van der Waals surface area contributed by atoms with Crippen molar-refractivity contribution in [3.8, 4) is 0 Å². The first-order valence-electron chi connectivity index (χ1n) is 4.69. The van der Waals surface area contributed by atoms with E-state index in [2.05, 4.69) is 142 Å². The molecule has 2 radical (unpaired) electrons. The van der Waals surface area contributed by atoms with Gasteiger partial charge in [0.05, 0.1) is 0 Å². The molecule has 0 saturated heterocycles. The second-order valence-electron chi connectivity index (χ2n) is 2.41. The molecule has 0 atom stereocenters. The molecule has 198 valence electrons. The number of hydrogen-bond donors (Lipinski definition) is 12. The number of hydrogen-bond acceptors (Lipinski definition) is 6. The van der Waals surface area contributed by atoms with E-state index in [1.807, 2.05) is 0 Å². The minimum absolute atomic E-state index is 0. The Hall–Kier alpha value is -0.321. The van der Waals surface area contributed by atoms with Crippen molar-refractivity contribution in [1.29, 1.82) is 0 Å². The van der Waals surface area contributed by atoms with E-state index in [0.717, 1.165) is 0 Å². The van der Waals surface area contributed by atoms with Crippen LogP contribution in [0.4, 0.5) is 0 Å². The topological polar surface area (TPSA) is 375 Å². The molecule has 30 heavy (non-hydrogen) atoms. The normalized spacial score (nSPS) is 4.80. The van der Waals surface area contributed by atoms with E-state index in [-0.39, 0.29) is 101 Å². The summed E-state index contributed by atoms with van der Waals surface area (Å²) in [7, 11) is 0. The van der Waals surface area contributed by atoms with Crippen molar-refractivity contribution in [1.82, 2.24) is 0 Å². The molecule has 0 saturated carbocycles. The van der Waals surface area contributed by atoms with Crippen molar-refractivity contribution in [3.05, 3.63) is 0 Å². The second-order valence-corrected chi connectivity index (χ2v) is 5.24. The zero-order chi connectivity index (χ0) is 21.5. The van der Waals surface area contributed by atoms with Gasteiger partial charge in [-0.05, 0) is 73.3 Å². The molecule has 24 heteroatoms. The summed E-state index contributed by atoms with van der Waals surface area (Å²) in [6.45, 7) is 0. The van der Waals surface area contributed by atoms with Gasteiger partial charge in [0, 0.05) is 34.1 Å². The summed E-state index contributed by atoms with van der Waals surface area (Å²) < 4.78 is 0. The monoisotopic (exact) mass is 690 g/mol. The molecular formula is C6H30Cl2Cu2N12O2S6. The minimum Gasteiger partial charge on any atom is -0.412 e. The Labute approximate surface area is 240 Å². The first-order valence-corrected chi connectivity index (χ1v) is 7.14. The van der Waals surface area contributed by atoms with E-state index in [1.165, 1.54) is 0 Å². The van der Waals surface area contributed by atoms with Crippen molar-refractivity contribution in [2.45, 2.75) is 0 Å². The fraction of sp³-hybridized carbons (Fsp3) is 0. The Kier molecular flexibility index (Phi) is 183. The van der Waals surface area contributed by atoms with Gasteiger partial charge in [-0.1, -0.05) is 0 Å². The summed E-state index contributed by atoms with van der Waals surface area (Å²) in [6, 6.07) is 0. The zero-order valence-electron chi connectivity index (χ0n) is 14.8. The molecule has 0 unspecified atom stereocenters. The maximum Gasteiger partial charge on any atom is 0.160 e. The summed E-state index contributed by atoms with van der Waals surface area (Å²) in [5, 5.41) is 0.00000000000000133. The molecule has 0 aromatic rings. The van der Waals surface area contributed by atoms with Crippen LogP contribution in [0.2, 0.25) is 0 Å². The molecule has 0 aromatic carbocycles. The Morgan fingerprint density at radius 2 is 0.300 bits per heavy atom. The van der Waals surface area contributed by atoms with Crippen molar-refractivity contribution in [2.24, 2.45) is 68.8 Å². The van der Waals surface area contributed by atoms with Crippen molar-refractivity contribution in [3.63, 3.8) is 0 Å². The number of halogens is 2. The van der Waals surface area contributed by atoms with Crippen LogP contribution in [-0.4, -0.2) is 41.6 Å². The van der Waals surface area contributed by atoms with Crippen LogP contribution in [-0.2, 0) is 34.1 Å². The molecule has 0 aliphatic heterocycles. The van der Waals surface area contributed by atoms with Crippen LogP contribution in [0.3, 0.4) is 0 Å². The van der Waals surface area contributed by atoms with E-state index in [4.69, 9.17) is 0 Å². The molecule has 0 spiro atoms. The smallest absolute Gasteiger partial charge is 0.160 e. The van der Waals surface area contributed by atoms with Gasteiger partial charge >= 0.3 is 0 Å². The fourth-order valence-corrected chi connectivity index (χ4v) is 0. The minimum atomic E-state index is 0. The van der Waals surface area contributed by atoms with Gasteiger partial charge in [0.2, 0.25) is 0 Å². The van der Waals surface area contributed by atoms with E-state index < -0.39 is 0 Å². The van der Waals surface area contributed by atoms with Gasteiger partial charge in [0.25, 0.3) is 0 Å². The van der Waals surface area contributed by atoms with E-state index in [1.54, 1.807) is 0 Å². The number of nitrogens with two attached hydrogens (primary N) is 12. The molecule has 0 heterocycles. The van der Waals surface area contributed by atoms with Crippen molar-refractivity contribution >= 4 is 129 Å². The molecule has 0 bridgehead atoms. The molecule has 0 aliphatic carbocycles. The maximum absolute atomic E-state index is 4.62. The predicted octanol–water partition coefficient (Wildman–Crippen LogP) is -5.68. The molecule has 0 aromatic heterocycles. The third-order valence-corrected chi connectivity index (χ3v) is 0. The van der Waals surface area contributed by atoms with Gasteiger partial charge in [0.1, 0.15) is 0 Å². The van der Waals surface area contributed by atoms with Crippen LogP contribution in [0.5, 0.6) is 0 Å². The van der Waals surface area contributed by atoms with Gasteiger partial charge in [-0.25, -0.2) is 0 Å². The summed E-state index contributed by atoms with van der Waals surface area (Å²) >= 11 is 24.6. The Bertz CT molecular complexity index is 298. The van der Waals surface area contributed by atoms with Gasteiger partial charge in [-0.2, -0.15) is 0 Å². The van der Waals surface area contributed by atoms with E-state index in [0.29, 0.717) is 0 Å². The summed E-state index contributed by atoms with van der Waals surface area (Å²) in [5.74, 6) is 0. The van der Waals surface area contributed by atoms with Crippen LogP contribution in [0.1, 0.15) is 0 Å². The Balaban J connectivity index is -0.0000000125. The number of thiocarbonyl (C=S) groups is 6. The summed E-state index contributed by atoms with van der Waals surface area (Å²) in [6.07, 6.45) is 0. The molecule has 0 fully saturated rings. The van der Waals surface area contributed by atoms with Crippen LogP contribution < -0.4 is 68.8 Å². The Morgan fingerprint density at radius 3 is 0.300 bits per heavy atom. The number of rotatable bonds is 0. The third kappa shape index (κ3) is 191000. The van der Waals surface area contributed by atoms with Crippen molar-refractivity contribution < 1.29 is 45.1 Å². The molecule has 14 nitrogen and oxygen atoms in total. The summed E-state index contributed by atoms with van der Waals surface area (Å²) in [5.41, 5.74) is 55.4. The average molecular weight is 693 g/mol. The van der Waals surface area contributed by atoms with E-state index in [9.17, 15) is 0 Å². The van der Waals surface area contributed by atoms with Crippen LogP contribution in [0.15, 0.2) is 0 Å². The first-order chi connectivity index (χ1) is 10.4. The van der Waals surface area contributed by atoms with Gasteiger partial charge in [0.15, 0.2) is 30.7 Å². The Morgan fingerprint density at radius 1 is 0.300 bits per heavy atom. The molecular weight excluding hydrogens is 663 g/mol. The quantitative estimate of drug-likeness (QED) is 0.0831. The second kappa shape index (κ2) is 70.3. The van der Waals surface area contributed by atoms with Gasteiger partial charge in [-0.3, -0.25) is 0 Å². The van der Waals surface area contributed by atoms with Gasteiger partial charge < -0.3 is 79.8 Å². The SMILES string of the molecule is Cl.Cl.NC(N)=S.NC(N)=S.NC(N)=S.NC(N)=S.NC(N)=S.NC(N)=S.O.O.[Cu].[Cu]. The first kappa shape index (κ1) is 78.1. The zero-order valence-corrected chi connectivity index (χ0v) is 23.2.